The molecule has 0 fully saturated rings. The van der Waals surface area contributed by atoms with Crippen molar-refractivity contribution in [2.24, 2.45) is 0 Å². The maximum Gasteiger partial charge on any atom is 0.338 e. The van der Waals surface area contributed by atoms with E-state index in [1.165, 1.54) is 0 Å². The number of anilines is 1. The Labute approximate surface area is 161 Å². The monoisotopic (exact) mass is 379 g/mol. The highest BCUT2D eigenvalue weighted by Crippen LogP contribution is 2.39. The third-order valence-corrected chi connectivity index (χ3v) is 4.78. The summed E-state index contributed by atoms with van der Waals surface area (Å²) in [5.74, 6) is 0.284. The highest BCUT2D eigenvalue weighted by molar-refractivity contribution is 6.30. The van der Waals surface area contributed by atoms with Crippen molar-refractivity contribution in [2.75, 3.05) is 11.9 Å². The molecule has 4 rings (SSSR count). The van der Waals surface area contributed by atoms with E-state index in [0.29, 0.717) is 22.2 Å². The van der Waals surface area contributed by atoms with Crippen molar-refractivity contribution in [3.05, 3.63) is 83.0 Å². The van der Waals surface area contributed by atoms with Gasteiger partial charge in [-0.2, -0.15) is 0 Å². The number of imidazole rings is 1. The van der Waals surface area contributed by atoms with Crippen molar-refractivity contribution >= 4 is 34.6 Å². The zero-order valence-electron chi connectivity index (χ0n) is 14.8. The molecule has 0 radical (unpaired) electrons. The zero-order chi connectivity index (χ0) is 19.0. The van der Waals surface area contributed by atoms with Gasteiger partial charge in [0.1, 0.15) is 6.61 Å². The third kappa shape index (κ3) is 3.00. The Bertz CT molecular complexity index is 1080. The van der Waals surface area contributed by atoms with Crippen LogP contribution in [0.4, 0.5) is 5.95 Å². The number of esters is 1. The molecule has 0 aliphatic carbocycles. The van der Waals surface area contributed by atoms with Crippen molar-refractivity contribution in [2.45, 2.75) is 13.0 Å². The lowest BCUT2D eigenvalue weighted by Gasteiger charge is -2.30. The van der Waals surface area contributed by atoms with Crippen molar-refractivity contribution in [3.8, 4) is 0 Å². The normalized spacial score (nSPS) is 16.0. The van der Waals surface area contributed by atoms with E-state index < -0.39 is 12.0 Å². The number of allylic oxidation sites excluding steroid dienone is 1. The van der Waals surface area contributed by atoms with E-state index in [1.807, 2.05) is 60.0 Å². The van der Waals surface area contributed by atoms with Crippen molar-refractivity contribution in [1.82, 2.24) is 9.55 Å². The molecule has 1 aliphatic heterocycles. The number of aromatic nitrogens is 2. The number of nitrogens with one attached hydrogen (secondary N) is 1. The van der Waals surface area contributed by atoms with Gasteiger partial charge in [-0.1, -0.05) is 48.5 Å². The predicted octanol–water partition coefficient (Wildman–Crippen LogP) is 4.71. The maximum atomic E-state index is 12.9. The van der Waals surface area contributed by atoms with E-state index in [0.717, 1.165) is 16.6 Å². The molecule has 1 atom stereocenters. The van der Waals surface area contributed by atoms with E-state index in [-0.39, 0.29) is 6.61 Å². The molecule has 0 spiro atoms. The van der Waals surface area contributed by atoms with Crippen LogP contribution < -0.4 is 5.32 Å². The van der Waals surface area contributed by atoms with Gasteiger partial charge < -0.3 is 10.1 Å². The van der Waals surface area contributed by atoms with Gasteiger partial charge in [-0.05, 0) is 36.8 Å². The summed E-state index contributed by atoms with van der Waals surface area (Å²) in [7, 11) is 0. The first-order valence-corrected chi connectivity index (χ1v) is 8.96. The summed E-state index contributed by atoms with van der Waals surface area (Å²) in [5.41, 5.74) is 3.89. The van der Waals surface area contributed by atoms with E-state index in [4.69, 9.17) is 16.3 Å². The fourth-order valence-corrected chi connectivity index (χ4v) is 3.63. The van der Waals surface area contributed by atoms with E-state index in [2.05, 4.69) is 16.9 Å². The van der Waals surface area contributed by atoms with Crippen LogP contribution in [0.2, 0.25) is 5.02 Å². The number of hydrogen-bond acceptors (Lipinski definition) is 4. The molecule has 0 saturated carbocycles. The largest absolute Gasteiger partial charge is 0.458 e. The number of fused-ring (bicyclic) bond motifs is 3. The van der Waals surface area contributed by atoms with Crippen LogP contribution in [0.15, 0.2) is 72.5 Å². The van der Waals surface area contributed by atoms with Crippen LogP contribution in [0.25, 0.3) is 11.0 Å². The molecule has 1 N–H and O–H groups in total. The molecule has 1 aliphatic rings. The number of nitrogens with zero attached hydrogens (tertiary/aromatic N) is 2. The summed E-state index contributed by atoms with van der Waals surface area (Å²) in [5, 5.41) is 3.85. The molecule has 0 amide bonds. The summed E-state index contributed by atoms with van der Waals surface area (Å²) < 4.78 is 7.38. The molecule has 1 aromatic heterocycles. The summed E-state index contributed by atoms with van der Waals surface area (Å²) in [6, 6.07) is 14.9. The van der Waals surface area contributed by atoms with Crippen LogP contribution in [0.1, 0.15) is 18.5 Å². The number of benzene rings is 2. The Morgan fingerprint density at radius 2 is 2.15 bits per heavy atom. The molecule has 2 aromatic carbocycles. The fourth-order valence-electron chi connectivity index (χ4n) is 3.43. The molecular weight excluding hydrogens is 362 g/mol. The van der Waals surface area contributed by atoms with Crippen molar-refractivity contribution < 1.29 is 9.53 Å². The van der Waals surface area contributed by atoms with Crippen LogP contribution in [-0.2, 0) is 9.53 Å². The lowest BCUT2D eigenvalue weighted by atomic mass is 9.95. The number of para-hydroxylation sites is 2. The Morgan fingerprint density at radius 3 is 2.93 bits per heavy atom. The van der Waals surface area contributed by atoms with Gasteiger partial charge in [0.15, 0.2) is 0 Å². The van der Waals surface area contributed by atoms with Crippen molar-refractivity contribution in [3.63, 3.8) is 0 Å². The van der Waals surface area contributed by atoms with Crippen LogP contribution in [0.3, 0.4) is 0 Å². The highest BCUT2D eigenvalue weighted by atomic mass is 35.5. The number of rotatable bonds is 4. The second kappa shape index (κ2) is 6.93. The van der Waals surface area contributed by atoms with Gasteiger partial charge in [-0.3, -0.25) is 4.57 Å². The van der Waals surface area contributed by atoms with Gasteiger partial charge in [0, 0.05) is 10.7 Å². The molecule has 27 heavy (non-hydrogen) atoms. The topological polar surface area (TPSA) is 56.1 Å². The quantitative estimate of drug-likeness (QED) is 0.527. The predicted molar refractivity (Wildman–Crippen MR) is 107 cm³/mol. The molecule has 3 aromatic rings. The Balaban J connectivity index is 1.95. The average Bonchev–Trinajstić information content (AvgIpc) is 3.02. The van der Waals surface area contributed by atoms with Gasteiger partial charge in [0.05, 0.1) is 22.6 Å². The number of ether oxygens (including phenoxy) is 1. The van der Waals surface area contributed by atoms with Gasteiger partial charge in [-0.15, -0.1) is 0 Å². The minimum absolute atomic E-state index is 0.148. The number of carbonyl (C=O) groups is 1. The molecule has 0 bridgehead atoms. The van der Waals surface area contributed by atoms with Gasteiger partial charge in [-0.25, -0.2) is 9.78 Å². The Kier molecular flexibility index (Phi) is 4.46. The molecule has 0 unspecified atom stereocenters. The number of carbonyl (C=O) groups excluding carboxylic acids is 1. The van der Waals surface area contributed by atoms with Gasteiger partial charge in [0.25, 0.3) is 0 Å². The van der Waals surface area contributed by atoms with Gasteiger partial charge >= 0.3 is 5.97 Å². The summed E-state index contributed by atoms with van der Waals surface area (Å²) in [4.78, 5) is 17.5. The molecule has 136 valence electrons. The van der Waals surface area contributed by atoms with E-state index in [1.54, 1.807) is 6.08 Å². The zero-order valence-corrected chi connectivity index (χ0v) is 15.5. The minimum atomic E-state index is -0.398. The molecule has 0 saturated heterocycles. The number of hydrogen-bond donors (Lipinski definition) is 1. The molecule has 2 heterocycles. The Hall–Kier alpha value is -3.05. The second-order valence-corrected chi connectivity index (χ2v) is 6.74. The van der Waals surface area contributed by atoms with Crippen LogP contribution in [0, 0.1) is 0 Å². The van der Waals surface area contributed by atoms with Gasteiger partial charge in [0.2, 0.25) is 5.95 Å². The molecular formula is C21H18ClN3O2. The minimum Gasteiger partial charge on any atom is -0.458 e. The average molecular weight is 380 g/mol. The SMILES string of the molecule is C=CCOC(=O)C1=C(C)Nc2nc3ccccc3n2[C@H]1c1cccc(Cl)c1. The third-order valence-electron chi connectivity index (χ3n) is 4.55. The van der Waals surface area contributed by atoms with E-state index in [9.17, 15) is 4.79 Å². The lowest BCUT2D eigenvalue weighted by Crippen LogP contribution is -2.29. The second-order valence-electron chi connectivity index (χ2n) is 6.30. The summed E-state index contributed by atoms with van der Waals surface area (Å²) >= 11 is 6.24. The first-order valence-electron chi connectivity index (χ1n) is 8.58. The summed E-state index contributed by atoms with van der Waals surface area (Å²) in [6.45, 7) is 5.61. The first kappa shape index (κ1) is 17.4. The highest BCUT2D eigenvalue weighted by Gasteiger charge is 2.34. The van der Waals surface area contributed by atoms with Crippen LogP contribution >= 0.6 is 11.6 Å². The smallest absolute Gasteiger partial charge is 0.338 e. The lowest BCUT2D eigenvalue weighted by molar-refractivity contribution is -0.138. The fraction of sp³-hybridized carbons (Fsp3) is 0.143. The molecule has 5 nitrogen and oxygen atoms in total. The van der Waals surface area contributed by atoms with Crippen LogP contribution in [-0.4, -0.2) is 22.1 Å². The van der Waals surface area contributed by atoms with Crippen LogP contribution in [0.5, 0.6) is 0 Å². The number of halogens is 1. The maximum absolute atomic E-state index is 12.9. The van der Waals surface area contributed by atoms with E-state index >= 15 is 0 Å². The first-order chi connectivity index (χ1) is 13.1. The summed E-state index contributed by atoms with van der Waals surface area (Å²) in [6.07, 6.45) is 1.55. The standard InChI is InChI=1S/C21H18ClN3O2/c1-3-11-27-20(26)18-13(2)23-21-24-16-9-4-5-10-17(16)25(21)19(18)14-7-6-8-15(22)12-14/h3-10,12,19H,1,11H2,2H3,(H,23,24)/t19-/m0/s1. The van der Waals surface area contributed by atoms with Crippen molar-refractivity contribution in [1.29, 1.82) is 0 Å². The molecule has 6 heteroatoms. The Morgan fingerprint density at radius 1 is 1.33 bits per heavy atom.